The Kier molecular flexibility index (Phi) is 8.05. The number of aliphatic carboxylic acids is 1. The molecule has 1 heterocycles. The predicted molar refractivity (Wildman–Crippen MR) is 107 cm³/mol. The van der Waals surface area contributed by atoms with Gasteiger partial charge in [0.15, 0.2) is 0 Å². The lowest BCUT2D eigenvalue weighted by Gasteiger charge is -2.31. The van der Waals surface area contributed by atoms with Crippen molar-refractivity contribution in [1.29, 1.82) is 0 Å². The molecule has 1 saturated heterocycles. The van der Waals surface area contributed by atoms with Crippen molar-refractivity contribution in [3.63, 3.8) is 0 Å². The third kappa shape index (κ3) is 6.19. The molecule has 1 aliphatic rings. The summed E-state index contributed by atoms with van der Waals surface area (Å²) in [6.07, 6.45) is -2.97. The number of amides is 2. The van der Waals surface area contributed by atoms with Crippen molar-refractivity contribution in [2.45, 2.75) is 63.8 Å². The number of halogens is 3. The van der Waals surface area contributed by atoms with Crippen LogP contribution in [0.15, 0.2) is 24.3 Å². The molecule has 1 aromatic rings. The van der Waals surface area contributed by atoms with Gasteiger partial charge in [-0.3, -0.25) is 9.59 Å². The molecule has 0 aromatic heterocycles. The van der Waals surface area contributed by atoms with Crippen LogP contribution in [0.4, 0.5) is 13.2 Å². The Morgan fingerprint density at radius 1 is 1.26 bits per heavy atom. The maximum Gasteiger partial charge on any atom is 0.416 e. The molecular formula is C21H28F3N3O4. The number of benzene rings is 1. The number of rotatable bonds is 8. The summed E-state index contributed by atoms with van der Waals surface area (Å²) >= 11 is 0. The van der Waals surface area contributed by atoms with Crippen LogP contribution in [0.1, 0.15) is 44.2 Å². The van der Waals surface area contributed by atoms with Crippen molar-refractivity contribution < 1.29 is 32.7 Å². The average molecular weight is 443 g/mol. The third-order valence-electron chi connectivity index (χ3n) is 5.67. The fourth-order valence-corrected chi connectivity index (χ4v) is 3.59. The van der Waals surface area contributed by atoms with Crippen molar-refractivity contribution in [3.8, 4) is 0 Å². The Hall–Kier alpha value is -2.62. The number of hydrogen-bond acceptors (Lipinski definition) is 4. The number of carbonyl (C=O) groups is 3. The molecule has 10 heteroatoms. The van der Waals surface area contributed by atoms with Gasteiger partial charge in [-0.05, 0) is 42.9 Å². The Morgan fingerprint density at radius 3 is 2.39 bits per heavy atom. The van der Waals surface area contributed by atoms with E-state index in [1.807, 2.05) is 6.92 Å². The second-order valence-corrected chi connectivity index (χ2v) is 7.90. The summed E-state index contributed by atoms with van der Waals surface area (Å²) in [6, 6.07) is 1.43. The molecule has 0 radical (unpaired) electrons. The first-order chi connectivity index (χ1) is 14.5. The number of nitrogens with zero attached hydrogens (tertiary/aromatic N) is 1. The smallest absolute Gasteiger partial charge is 0.416 e. The van der Waals surface area contributed by atoms with E-state index in [2.05, 4.69) is 5.32 Å². The van der Waals surface area contributed by atoms with Crippen molar-refractivity contribution in [1.82, 2.24) is 10.2 Å². The Balaban J connectivity index is 2.07. The summed E-state index contributed by atoms with van der Waals surface area (Å²) < 4.78 is 38.0. The van der Waals surface area contributed by atoms with Crippen molar-refractivity contribution in [2.24, 2.45) is 11.7 Å². The number of nitrogens with two attached hydrogens (primary N) is 1. The van der Waals surface area contributed by atoms with E-state index in [0.717, 1.165) is 12.1 Å². The molecule has 4 N–H and O–H groups in total. The molecule has 4 atom stereocenters. The molecule has 31 heavy (non-hydrogen) atoms. The minimum atomic E-state index is -4.45. The molecule has 2 amide bonds. The molecule has 0 bridgehead atoms. The highest BCUT2D eigenvalue weighted by molar-refractivity contribution is 5.92. The van der Waals surface area contributed by atoms with E-state index in [-0.39, 0.29) is 12.3 Å². The number of hydrogen-bond donors (Lipinski definition) is 3. The van der Waals surface area contributed by atoms with E-state index in [4.69, 9.17) is 5.73 Å². The Morgan fingerprint density at radius 2 is 1.87 bits per heavy atom. The largest absolute Gasteiger partial charge is 0.480 e. The van der Waals surface area contributed by atoms with Crippen LogP contribution in [0.2, 0.25) is 0 Å². The summed E-state index contributed by atoms with van der Waals surface area (Å²) in [5.74, 6) is -2.43. The fraction of sp³-hybridized carbons (Fsp3) is 0.571. The van der Waals surface area contributed by atoms with E-state index in [1.54, 1.807) is 6.92 Å². The van der Waals surface area contributed by atoms with Gasteiger partial charge in [-0.2, -0.15) is 13.2 Å². The van der Waals surface area contributed by atoms with Gasteiger partial charge in [0.05, 0.1) is 11.6 Å². The van der Waals surface area contributed by atoms with E-state index >= 15 is 0 Å². The third-order valence-corrected chi connectivity index (χ3v) is 5.67. The van der Waals surface area contributed by atoms with Crippen molar-refractivity contribution in [3.05, 3.63) is 35.4 Å². The molecule has 0 aliphatic carbocycles. The summed E-state index contributed by atoms with van der Waals surface area (Å²) in [5.41, 5.74) is 5.59. The number of carboxylic acids is 1. The zero-order valence-corrected chi connectivity index (χ0v) is 17.5. The summed E-state index contributed by atoms with van der Waals surface area (Å²) in [5, 5.41) is 12.0. The van der Waals surface area contributed by atoms with Gasteiger partial charge in [-0.15, -0.1) is 0 Å². The molecule has 1 aliphatic heterocycles. The first-order valence-electron chi connectivity index (χ1n) is 10.2. The molecule has 1 fully saturated rings. The fourth-order valence-electron chi connectivity index (χ4n) is 3.59. The molecule has 1 aromatic carbocycles. The summed E-state index contributed by atoms with van der Waals surface area (Å²) in [7, 11) is 0. The molecular weight excluding hydrogens is 415 g/mol. The maximum atomic E-state index is 13.0. The molecule has 7 nitrogen and oxygen atoms in total. The first-order valence-corrected chi connectivity index (χ1v) is 10.2. The summed E-state index contributed by atoms with van der Waals surface area (Å²) in [4.78, 5) is 38.4. The summed E-state index contributed by atoms with van der Waals surface area (Å²) in [6.45, 7) is 3.92. The van der Waals surface area contributed by atoms with Gasteiger partial charge in [0.25, 0.3) is 0 Å². The zero-order valence-electron chi connectivity index (χ0n) is 17.5. The lowest BCUT2D eigenvalue weighted by atomic mass is 9.96. The van der Waals surface area contributed by atoms with E-state index in [1.165, 1.54) is 17.0 Å². The second kappa shape index (κ2) is 10.1. The highest BCUT2D eigenvalue weighted by Crippen LogP contribution is 2.29. The second-order valence-electron chi connectivity index (χ2n) is 7.90. The van der Waals surface area contributed by atoms with Crippen LogP contribution in [-0.4, -0.2) is 52.5 Å². The van der Waals surface area contributed by atoms with Crippen LogP contribution in [0.25, 0.3) is 0 Å². The molecule has 0 saturated carbocycles. The highest BCUT2D eigenvalue weighted by atomic mass is 19.4. The van der Waals surface area contributed by atoms with Gasteiger partial charge >= 0.3 is 12.1 Å². The van der Waals surface area contributed by atoms with Gasteiger partial charge in [0, 0.05) is 6.54 Å². The first kappa shape index (κ1) is 24.6. The van der Waals surface area contributed by atoms with Gasteiger partial charge in [-0.1, -0.05) is 32.4 Å². The monoisotopic (exact) mass is 443 g/mol. The number of nitrogens with one attached hydrogen (secondary N) is 1. The minimum Gasteiger partial charge on any atom is -0.480 e. The maximum absolute atomic E-state index is 13.0. The lowest BCUT2D eigenvalue weighted by Crippen LogP contribution is -2.57. The van der Waals surface area contributed by atoms with Crippen LogP contribution in [0.3, 0.4) is 0 Å². The SMILES string of the molecule is CC[C@@H](C)[C@H](NC(=O)C(N)Cc1ccc(C(F)(F)F)cc1)C(=O)N1CCCC1C(=O)O. The lowest BCUT2D eigenvalue weighted by molar-refractivity contribution is -0.150. The van der Waals surface area contributed by atoms with Crippen LogP contribution in [0, 0.1) is 5.92 Å². The van der Waals surface area contributed by atoms with Crippen LogP contribution in [-0.2, 0) is 27.0 Å². The van der Waals surface area contributed by atoms with Crippen molar-refractivity contribution >= 4 is 17.8 Å². The number of carbonyl (C=O) groups excluding carboxylic acids is 2. The normalized spacial score (nSPS) is 19.5. The standard InChI is InChI=1S/C21H28F3N3O4/c1-3-12(2)17(19(29)27-10-4-5-16(27)20(30)31)26-18(28)15(25)11-13-6-8-14(9-7-13)21(22,23)24/h6-9,12,15-17H,3-5,10-11,25H2,1-2H3,(H,26,28)(H,30,31)/t12-,15?,16?,17+/m1/s1. The van der Waals surface area contributed by atoms with E-state index < -0.39 is 47.6 Å². The minimum absolute atomic E-state index is 0.00709. The van der Waals surface area contributed by atoms with Gasteiger partial charge in [-0.25, -0.2) is 4.79 Å². The quantitative estimate of drug-likeness (QED) is 0.570. The topological polar surface area (TPSA) is 113 Å². The van der Waals surface area contributed by atoms with E-state index in [9.17, 15) is 32.7 Å². The van der Waals surface area contributed by atoms with E-state index in [0.29, 0.717) is 31.4 Å². The molecule has 0 spiro atoms. The highest BCUT2D eigenvalue weighted by Gasteiger charge is 2.39. The van der Waals surface area contributed by atoms with Crippen LogP contribution >= 0.6 is 0 Å². The Bertz CT molecular complexity index is 798. The van der Waals surface area contributed by atoms with Crippen molar-refractivity contribution in [2.75, 3.05) is 6.54 Å². The Labute approximate surface area is 178 Å². The van der Waals surface area contributed by atoms with Gasteiger partial charge < -0.3 is 21.1 Å². The zero-order chi connectivity index (χ0) is 23.3. The molecule has 2 unspecified atom stereocenters. The van der Waals surface area contributed by atoms with Gasteiger partial charge in [0.2, 0.25) is 11.8 Å². The average Bonchev–Trinajstić information content (AvgIpc) is 3.20. The number of alkyl halides is 3. The number of likely N-dealkylation sites (tertiary alicyclic amines) is 1. The molecule has 172 valence electrons. The van der Waals surface area contributed by atoms with Crippen LogP contribution in [0.5, 0.6) is 0 Å². The number of carboxylic acid groups (broad SMARTS) is 1. The predicted octanol–water partition coefficient (Wildman–Crippen LogP) is 2.18. The van der Waals surface area contributed by atoms with Crippen LogP contribution < -0.4 is 11.1 Å². The molecule has 2 rings (SSSR count). The van der Waals surface area contributed by atoms with Gasteiger partial charge in [0.1, 0.15) is 12.1 Å².